The second kappa shape index (κ2) is 7.42. The third-order valence-corrected chi connectivity index (χ3v) is 5.78. The maximum atomic E-state index is 12.3. The van der Waals surface area contributed by atoms with Gasteiger partial charge < -0.3 is 11.1 Å². The van der Waals surface area contributed by atoms with E-state index in [2.05, 4.69) is 10.0 Å². The van der Waals surface area contributed by atoms with Crippen LogP contribution >= 0.6 is 0 Å². The highest BCUT2D eigenvalue weighted by molar-refractivity contribution is 7.89. The molecule has 1 aliphatic rings. The maximum absolute atomic E-state index is 12.3. The Morgan fingerprint density at radius 3 is 2.35 bits per heavy atom. The van der Waals surface area contributed by atoms with Crippen molar-refractivity contribution in [2.75, 3.05) is 6.54 Å². The molecule has 0 aliphatic heterocycles. The van der Waals surface area contributed by atoms with Gasteiger partial charge in [0.1, 0.15) is 0 Å². The van der Waals surface area contributed by atoms with Crippen LogP contribution in [-0.4, -0.2) is 26.4 Å². The smallest absolute Gasteiger partial charge is 0.240 e. The summed E-state index contributed by atoms with van der Waals surface area (Å²) >= 11 is 0. The summed E-state index contributed by atoms with van der Waals surface area (Å²) in [7, 11) is -3.44. The van der Waals surface area contributed by atoms with Crippen LogP contribution in [0.15, 0.2) is 29.2 Å². The lowest BCUT2D eigenvalue weighted by atomic mass is 9.82. The number of nitrogens with one attached hydrogen (secondary N) is 2. The van der Waals surface area contributed by atoms with Crippen LogP contribution in [0, 0.1) is 0 Å². The van der Waals surface area contributed by atoms with Gasteiger partial charge in [0.25, 0.3) is 0 Å². The zero-order valence-electron chi connectivity index (χ0n) is 13.5. The van der Waals surface area contributed by atoms with Gasteiger partial charge in [-0.1, -0.05) is 38.3 Å². The van der Waals surface area contributed by atoms with Crippen molar-refractivity contribution in [2.45, 2.75) is 56.0 Å². The average molecular weight is 339 g/mol. The fraction of sp³-hybridized carbons (Fsp3) is 0.562. The van der Waals surface area contributed by atoms with Crippen molar-refractivity contribution in [1.29, 1.82) is 0 Å². The molecule has 6 nitrogen and oxygen atoms in total. The Labute approximate surface area is 137 Å². The number of amides is 1. The summed E-state index contributed by atoms with van der Waals surface area (Å²) in [6, 6.07) is 6.49. The molecule has 0 unspecified atom stereocenters. The first kappa shape index (κ1) is 17.9. The molecule has 0 saturated heterocycles. The number of sulfonamides is 1. The lowest BCUT2D eigenvalue weighted by molar-refractivity contribution is -0.127. The molecule has 128 valence electrons. The zero-order chi connectivity index (χ0) is 16.9. The molecule has 1 aromatic carbocycles. The van der Waals surface area contributed by atoms with E-state index in [0.717, 1.165) is 37.7 Å². The van der Waals surface area contributed by atoms with Crippen molar-refractivity contribution in [3.8, 4) is 0 Å². The number of rotatable bonds is 6. The standard InChI is InChI=1S/C16H25N3O3S/c1-2-19-23(21,22)14-8-6-13(7-9-14)12-18-15(20)16(17)10-4-3-5-11-16/h6-9,19H,2-5,10-12,17H2,1H3,(H,18,20). The van der Waals surface area contributed by atoms with Gasteiger partial charge in [0.15, 0.2) is 0 Å². The summed E-state index contributed by atoms with van der Waals surface area (Å²) in [5.74, 6) is -0.124. The van der Waals surface area contributed by atoms with E-state index in [1.165, 1.54) is 12.1 Å². The van der Waals surface area contributed by atoms with E-state index in [4.69, 9.17) is 5.73 Å². The topological polar surface area (TPSA) is 101 Å². The van der Waals surface area contributed by atoms with Crippen molar-refractivity contribution in [3.63, 3.8) is 0 Å². The lowest BCUT2D eigenvalue weighted by Crippen LogP contribution is -2.54. The number of benzene rings is 1. The van der Waals surface area contributed by atoms with E-state index >= 15 is 0 Å². The summed E-state index contributed by atoms with van der Waals surface area (Å²) in [6.07, 6.45) is 4.55. The number of hydrogen-bond acceptors (Lipinski definition) is 4. The molecular formula is C16H25N3O3S. The molecule has 1 saturated carbocycles. The maximum Gasteiger partial charge on any atom is 0.240 e. The van der Waals surface area contributed by atoms with Gasteiger partial charge in [0.05, 0.1) is 10.4 Å². The summed E-state index contributed by atoms with van der Waals surface area (Å²) in [6.45, 7) is 2.42. The minimum absolute atomic E-state index is 0.124. The lowest BCUT2D eigenvalue weighted by Gasteiger charge is -2.31. The zero-order valence-corrected chi connectivity index (χ0v) is 14.3. The van der Waals surface area contributed by atoms with Crippen molar-refractivity contribution in [3.05, 3.63) is 29.8 Å². The van der Waals surface area contributed by atoms with Crippen LogP contribution in [0.1, 0.15) is 44.6 Å². The van der Waals surface area contributed by atoms with E-state index in [1.54, 1.807) is 19.1 Å². The third kappa shape index (κ3) is 4.53. The summed E-state index contributed by atoms with van der Waals surface area (Å²) in [5.41, 5.74) is 6.27. The Morgan fingerprint density at radius 1 is 1.17 bits per heavy atom. The normalized spacial score (nSPS) is 17.7. The first-order valence-corrected chi connectivity index (χ1v) is 9.51. The first-order valence-electron chi connectivity index (χ1n) is 8.03. The molecule has 1 fully saturated rings. The number of carbonyl (C=O) groups is 1. The summed E-state index contributed by atoms with van der Waals surface area (Å²) in [4.78, 5) is 12.5. The Morgan fingerprint density at radius 2 is 1.78 bits per heavy atom. The van der Waals surface area contributed by atoms with E-state index in [1.807, 2.05) is 0 Å². The van der Waals surface area contributed by atoms with E-state index < -0.39 is 15.6 Å². The van der Waals surface area contributed by atoms with Crippen LogP contribution in [0.4, 0.5) is 0 Å². The van der Waals surface area contributed by atoms with Gasteiger partial charge >= 0.3 is 0 Å². The molecular weight excluding hydrogens is 314 g/mol. The molecule has 0 spiro atoms. The highest BCUT2D eigenvalue weighted by atomic mass is 32.2. The second-order valence-electron chi connectivity index (χ2n) is 6.04. The Kier molecular flexibility index (Phi) is 5.78. The SMILES string of the molecule is CCNS(=O)(=O)c1ccc(CNC(=O)C2(N)CCCCC2)cc1. The van der Waals surface area contributed by atoms with Crippen molar-refractivity contribution in [1.82, 2.24) is 10.0 Å². The minimum atomic E-state index is -3.44. The first-order chi connectivity index (χ1) is 10.9. The van der Waals surface area contributed by atoms with Gasteiger partial charge in [-0.3, -0.25) is 4.79 Å². The fourth-order valence-electron chi connectivity index (χ4n) is 2.83. The fourth-order valence-corrected chi connectivity index (χ4v) is 3.87. The molecule has 1 amide bonds. The molecule has 2 rings (SSSR count). The molecule has 7 heteroatoms. The highest BCUT2D eigenvalue weighted by Gasteiger charge is 2.34. The molecule has 4 N–H and O–H groups in total. The number of carbonyl (C=O) groups excluding carboxylic acids is 1. The summed E-state index contributed by atoms with van der Waals surface area (Å²) in [5, 5.41) is 2.86. The molecule has 0 atom stereocenters. The Hall–Kier alpha value is -1.44. The molecule has 1 aromatic rings. The van der Waals surface area contributed by atoms with Crippen LogP contribution in [-0.2, 0) is 21.4 Å². The summed E-state index contributed by atoms with van der Waals surface area (Å²) < 4.78 is 26.2. The van der Waals surface area contributed by atoms with Crippen LogP contribution < -0.4 is 15.8 Å². The minimum Gasteiger partial charge on any atom is -0.350 e. The highest BCUT2D eigenvalue weighted by Crippen LogP contribution is 2.26. The van der Waals surface area contributed by atoms with Gasteiger partial charge in [0, 0.05) is 13.1 Å². The largest absolute Gasteiger partial charge is 0.350 e. The van der Waals surface area contributed by atoms with Gasteiger partial charge in [-0.25, -0.2) is 13.1 Å². The molecule has 0 radical (unpaired) electrons. The van der Waals surface area contributed by atoms with Crippen LogP contribution in [0.25, 0.3) is 0 Å². The Balaban J connectivity index is 1.95. The Bertz CT molecular complexity index is 635. The van der Waals surface area contributed by atoms with Crippen LogP contribution in [0.5, 0.6) is 0 Å². The van der Waals surface area contributed by atoms with Crippen molar-refractivity contribution >= 4 is 15.9 Å². The van der Waals surface area contributed by atoms with E-state index in [0.29, 0.717) is 13.1 Å². The molecule has 0 bridgehead atoms. The van der Waals surface area contributed by atoms with Crippen molar-refractivity contribution < 1.29 is 13.2 Å². The van der Waals surface area contributed by atoms with E-state index in [9.17, 15) is 13.2 Å². The van der Waals surface area contributed by atoms with Gasteiger partial charge in [-0.15, -0.1) is 0 Å². The molecule has 0 heterocycles. The average Bonchev–Trinajstić information content (AvgIpc) is 2.53. The number of nitrogens with two attached hydrogens (primary N) is 1. The quantitative estimate of drug-likeness (QED) is 0.726. The third-order valence-electron chi connectivity index (χ3n) is 4.22. The molecule has 1 aliphatic carbocycles. The molecule has 0 aromatic heterocycles. The number of hydrogen-bond donors (Lipinski definition) is 3. The van der Waals surface area contributed by atoms with Gasteiger partial charge in [0.2, 0.25) is 15.9 Å². The van der Waals surface area contributed by atoms with Crippen LogP contribution in [0.2, 0.25) is 0 Å². The van der Waals surface area contributed by atoms with Gasteiger partial charge in [-0.05, 0) is 30.5 Å². The predicted octanol–water partition coefficient (Wildman–Crippen LogP) is 1.26. The second-order valence-corrected chi connectivity index (χ2v) is 7.81. The van der Waals surface area contributed by atoms with Gasteiger partial charge in [-0.2, -0.15) is 0 Å². The monoisotopic (exact) mass is 339 g/mol. The predicted molar refractivity (Wildman–Crippen MR) is 89.2 cm³/mol. The van der Waals surface area contributed by atoms with E-state index in [-0.39, 0.29) is 10.8 Å². The molecule has 23 heavy (non-hydrogen) atoms. The van der Waals surface area contributed by atoms with Crippen molar-refractivity contribution in [2.24, 2.45) is 5.73 Å². The van der Waals surface area contributed by atoms with Crippen LogP contribution in [0.3, 0.4) is 0 Å².